The van der Waals surface area contributed by atoms with Gasteiger partial charge in [0.2, 0.25) is 0 Å². The lowest BCUT2D eigenvalue weighted by molar-refractivity contribution is 0.0693. The fourth-order valence-electron chi connectivity index (χ4n) is 1.79. The molecule has 0 aliphatic carbocycles. The van der Waals surface area contributed by atoms with Crippen LogP contribution in [0.2, 0.25) is 0 Å². The Morgan fingerprint density at radius 1 is 1.35 bits per heavy atom. The number of carboxylic acids is 1. The summed E-state index contributed by atoms with van der Waals surface area (Å²) < 4.78 is 2.12. The highest BCUT2D eigenvalue weighted by Gasteiger charge is 2.17. The van der Waals surface area contributed by atoms with E-state index >= 15 is 0 Å². The van der Waals surface area contributed by atoms with Crippen molar-refractivity contribution in [1.82, 2.24) is 14.4 Å². The smallest absolute Gasteiger partial charge is 0.358 e. The number of halogens is 1. The molecule has 2 heterocycles. The number of hydrogen-bond acceptors (Lipinski definition) is 3. The summed E-state index contributed by atoms with van der Waals surface area (Å²) in [6, 6.07) is 7.59. The summed E-state index contributed by atoms with van der Waals surface area (Å²) in [5.41, 5.74) is 1.15. The van der Waals surface area contributed by atoms with Gasteiger partial charge >= 0.3 is 5.97 Å². The molecule has 0 aliphatic rings. The minimum atomic E-state index is -1.09. The number of fused-ring (bicyclic) bond motifs is 3. The van der Waals surface area contributed by atoms with Gasteiger partial charge in [-0.05, 0) is 22.0 Å². The molecule has 0 fully saturated rings. The molecule has 3 aromatic rings. The standard InChI is InChI=1S/C11H6BrN3O2/c12-11-14-8(10(16)17)9-13-5-6-3-1-2-4-7(6)15(9)11/h1-5H,(H,16,17). The fraction of sp³-hybridized carbons (Fsp3) is 0. The zero-order valence-electron chi connectivity index (χ0n) is 8.46. The van der Waals surface area contributed by atoms with Gasteiger partial charge in [0, 0.05) is 11.6 Å². The van der Waals surface area contributed by atoms with Crippen molar-refractivity contribution >= 4 is 38.4 Å². The van der Waals surface area contributed by atoms with Crippen molar-refractivity contribution in [3.63, 3.8) is 0 Å². The third kappa shape index (κ3) is 1.41. The van der Waals surface area contributed by atoms with E-state index in [1.807, 2.05) is 24.3 Å². The van der Waals surface area contributed by atoms with Gasteiger partial charge in [0.15, 0.2) is 16.1 Å². The maximum absolute atomic E-state index is 11.0. The van der Waals surface area contributed by atoms with Crippen molar-refractivity contribution in [2.75, 3.05) is 0 Å². The van der Waals surface area contributed by atoms with Gasteiger partial charge in [-0.25, -0.2) is 14.8 Å². The number of carbonyl (C=O) groups is 1. The van der Waals surface area contributed by atoms with Crippen LogP contribution in [0.5, 0.6) is 0 Å². The number of benzene rings is 1. The van der Waals surface area contributed by atoms with Crippen molar-refractivity contribution < 1.29 is 9.90 Å². The molecule has 2 aromatic heterocycles. The van der Waals surface area contributed by atoms with Gasteiger partial charge in [-0.1, -0.05) is 18.2 Å². The van der Waals surface area contributed by atoms with Gasteiger partial charge in [-0.15, -0.1) is 0 Å². The van der Waals surface area contributed by atoms with E-state index in [0.717, 1.165) is 10.9 Å². The third-order valence-corrected chi connectivity index (χ3v) is 3.05. The second kappa shape index (κ2) is 3.53. The minimum Gasteiger partial charge on any atom is -0.476 e. The van der Waals surface area contributed by atoms with Crippen LogP contribution in [0.3, 0.4) is 0 Å². The second-order valence-corrected chi connectivity index (χ2v) is 4.22. The molecule has 17 heavy (non-hydrogen) atoms. The molecule has 0 spiro atoms. The summed E-state index contributed by atoms with van der Waals surface area (Å²) in [6.07, 6.45) is 1.64. The van der Waals surface area contributed by atoms with E-state index in [2.05, 4.69) is 25.9 Å². The van der Waals surface area contributed by atoms with Crippen molar-refractivity contribution in [3.8, 4) is 0 Å². The highest BCUT2D eigenvalue weighted by atomic mass is 79.9. The first-order valence-electron chi connectivity index (χ1n) is 4.83. The molecular weight excluding hydrogens is 286 g/mol. The Morgan fingerprint density at radius 3 is 2.88 bits per heavy atom. The van der Waals surface area contributed by atoms with E-state index in [0.29, 0.717) is 10.4 Å². The maximum atomic E-state index is 11.0. The first kappa shape index (κ1) is 10.2. The van der Waals surface area contributed by atoms with Crippen LogP contribution in [0, 0.1) is 0 Å². The van der Waals surface area contributed by atoms with Crippen molar-refractivity contribution in [1.29, 1.82) is 0 Å². The lowest BCUT2D eigenvalue weighted by atomic mass is 10.2. The van der Waals surface area contributed by atoms with Gasteiger partial charge < -0.3 is 5.11 Å². The van der Waals surface area contributed by atoms with Crippen LogP contribution in [-0.4, -0.2) is 25.4 Å². The highest BCUT2D eigenvalue weighted by molar-refractivity contribution is 9.10. The number of carboxylic acid groups (broad SMARTS) is 1. The van der Waals surface area contributed by atoms with Crippen molar-refractivity contribution in [3.05, 3.63) is 40.9 Å². The topological polar surface area (TPSA) is 67.5 Å². The van der Waals surface area contributed by atoms with Crippen LogP contribution in [0.25, 0.3) is 16.6 Å². The number of hydrogen-bond donors (Lipinski definition) is 1. The van der Waals surface area contributed by atoms with Gasteiger partial charge in [0.05, 0.1) is 5.52 Å². The van der Waals surface area contributed by atoms with E-state index in [9.17, 15) is 4.79 Å². The summed E-state index contributed by atoms with van der Waals surface area (Å²) in [5, 5.41) is 9.96. The maximum Gasteiger partial charge on any atom is 0.358 e. The Balaban J connectivity index is 2.55. The van der Waals surface area contributed by atoms with E-state index < -0.39 is 5.97 Å². The van der Waals surface area contributed by atoms with E-state index in [1.54, 1.807) is 10.6 Å². The molecule has 3 rings (SSSR count). The molecule has 6 heteroatoms. The molecule has 0 amide bonds. The molecule has 0 atom stereocenters. The summed E-state index contributed by atoms with van der Waals surface area (Å²) in [5.74, 6) is -1.09. The Bertz CT molecular complexity index is 751. The highest BCUT2D eigenvalue weighted by Crippen LogP contribution is 2.22. The number of para-hydroxylation sites is 1. The van der Waals surface area contributed by atoms with Crippen LogP contribution < -0.4 is 0 Å². The van der Waals surface area contributed by atoms with E-state index in [4.69, 9.17) is 5.11 Å². The lowest BCUT2D eigenvalue weighted by Gasteiger charge is -2.01. The zero-order valence-corrected chi connectivity index (χ0v) is 10.0. The molecule has 1 aromatic carbocycles. The molecule has 0 bridgehead atoms. The summed E-state index contributed by atoms with van der Waals surface area (Å²) in [6.45, 7) is 0. The number of aromatic nitrogens is 3. The minimum absolute atomic E-state index is 0.0531. The van der Waals surface area contributed by atoms with Gasteiger partial charge in [0.1, 0.15) is 0 Å². The zero-order chi connectivity index (χ0) is 12.0. The Kier molecular flexibility index (Phi) is 2.12. The molecule has 0 unspecified atom stereocenters. The average molecular weight is 292 g/mol. The van der Waals surface area contributed by atoms with Crippen molar-refractivity contribution in [2.24, 2.45) is 0 Å². The molecule has 84 valence electrons. The second-order valence-electron chi connectivity index (χ2n) is 3.51. The van der Waals surface area contributed by atoms with Crippen LogP contribution in [0.1, 0.15) is 10.5 Å². The molecule has 0 aliphatic heterocycles. The van der Waals surface area contributed by atoms with E-state index in [-0.39, 0.29) is 5.69 Å². The number of imidazole rings is 1. The lowest BCUT2D eigenvalue weighted by Crippen LogP contribution is -1.99. The fourth-order valence-corrected chi connectivity index (χ4v) is 2.33. The van der Waals surface area contributed by atoms with Gasteiger partial charge in [0.25, 0.3) is 0 Å². The first-order valence-corrected chi connectivity index (χ1v) is 5.63. The largest absolute Gasteiger partial charge is 0.476 e. The molecule has 0 saturated heterocycles. The van der Waals surface area contributed by atoms with E-state index in [1.165, 1.54) is 0 Å². The average Bonchev–Trinajstić information content (AvgIpc) is 2.67. The monoisotopic (exact) mass is 291 g/mol. The number of nitrogens with zero attached hydrogens (tertiary/aromatic N) is 3. The normalized spacial score (nSPS) is 11.1. The molecule has 5 nitrogen and oxygen atoms in total. The van der Waals surface area contributed by atoms with Crippen LogP contribution in [-0.2, 0) is 0 Å². The third-order valence-electron chi connectivity index (χ3n) is 2.52. The van der Waals surface area contributed by atoms with Crippen molar-refractivity contribution in [2.45, 2.75) is 0 Å². The quantitative estimate of drug-likeness (QED) is 0.747. The Hall–Kier alpha value is -1.95. The summed E-state index contributed by atoms with van der Waals surface area (Å²) >= 11 is 3.26. The SMILES string of the molecule is O=C(O)c1nc(Br)n2c1ncc1ccccc12. The molecule has 0 radical (unpaired) electrons. The summed E-state index contributed by atoms with van der Waals surface area (Å²) in [4.78, 5) is 19.1. The molecule has 0 saturated carbocycles. The number of aromatic carboxylic acids is 1. The van der Waals surface area contributed by atoms with Crippen LogP contribution in [0.15, 0.2) is 35.2 Å². The molecular formula is C11H6BrN3O2. The van der Waals surface area contributed by atoms with Gasteiger partial charge in [-0.3, -0.25) is 4.40 Å². The van der Waals surface area contributed by atoms with Crippen LogP contribution >= 0.6 is 15.9 Å². The predicted octanol–water partition coefficient (Wildman–Crippen LogP) is 2.34. The van der Waals surface area contributed by atoms with Crippen LogP contribution in [0.4, 0.5) is 0 Å². The van der Waals surface area contributed by atoms with Gasteiger partial charge in [-0.2, -0.15) is 0 Å². The molecule has 1 N–H and O–H groups in total. The predicted molar refractivity (Wildman–Crippen MR) is 65.2 cm³/mol. The Morgan fingerprint density at radius 2 is 2.12 bits per heavy atom. The summed E-state index contributed by atoms with van der Waals surface area (Å²) in [7, 11) is 0. The number of rotatable bonds is 1. The Labute approximate surface area is 104 Å². The first-order chi connectivity index (χ1) is 8.18.